The minimum Gasteiger partial charge on any atom is -0.477 e. The normalized spacial score (nSPS) is 13.2. The molecule has 0 aliphatic heterocycles. The average Bonchev–Trinajstić information content (AvgIpc) is 3.19. The first-order valence-corrected chi connectivity index (χ1v) is 24.2. The van der Waals surface area contributed by atoms with E-state index in [1.165, 1.54) is 109 Å². The second kappa shape index (κ2) is 42.2. The summed E-state index contributed by atoms with van der Waals surface area (Å²) in [4.78, 5) is 37.1. The van der Waals surface area contributed by atoms with Crippen LogP contribution in [-0.2, 0) is 33.3 Å². The van der Waals surface area contributed by atoms with Crippen molar-refractivity contribution in [3.63, 3.8) is 0 Å². The first kappa shape index (κ1) is 56.5. The number of rotatable bonds is 44. The average molecular weight is 835 g/mol. The number of esters is 2. The maximum Gasteiger partial charge on any atom is 0.361 e. The van der Waals surface area contributed by atoms with Crippen LogP contribution in [-0.4, -0.2) is 87.4 Å². The summed E-state index contributed by atoms with van der Waals surface area (Å²) in [6.07, 6.45) is 44.9. The molecule has 0 aromatic carbocycles. The molecular weight excluding hydrogens is 743 g/mol. The van der Waals surface area contributed by atoms with E-state index in [0.717, 1.165) is 70.6 Å². The molecule has 0 heterocycles. The molecule has 2 unspecified atom stereocenters. The monoisotopic (exact) mass is 835 g/mol. The third kappa shape index (κ3) is 43.4. The number of hydrogen-bond donors (Lipinski definition) is 1. The molecular formula is C50H92NO8+. The van der Waals surface area contributed by atoms with Crippen LogP contribution in [0.2, 0.25) is 0 Å². The molecule has 0 amide bonds. The van der Waals surface area contributed by atoms with Gasteiger partial charge in [0, 0.05) is 12.8 Å². The summed E-state index contributed by atoms with van der Waals surface area (Å²) in [5.41, 5.74) is 0. The molecule has 0 aliphatic carbocycles. The fourth-order valence-corrected chi connectivity index (χ4v) is 6.55. The van der Waals surface area contributed by atoms with Gasteiger partial charge in [0.1, 0.15) is 13.2 Å². The highest BCUT2D eigenvalue weighted by Gasteiger charge is 2.25. The zero-order valence-electron chi connectivity index (χ0n) is 38.9. The van der Waals surface area contributed by atoms with Gasteiger partial charge in [0.05, 0.1) is 34.4 Å². The summed E-state index contributed by atoms with van der Waals surface area (Å²) in [7, 11) is 5.95. The van der Waals surface area contributed by atoms with Crippen molar-refractivity contribution in [2.75, 3.05) is 47.5 Å². The number of nitrogens with zero attached hydrogens (tertiary/aromatic N) is 1. The summed E-state index contributed by atoms with van der Waals surface area (Å²) in [6, 6.07) is 0. The molecule has 0 aromatic heterocycles. The third-order valence-electron chi connectivity index (χ3n) is 10.4. The fourth-order valence-electron chi connectivity index (χ4n) is 6.55. The van der Waals surface area contributed by atoms with Gasteiger partial charge in [-0.25, -0.2) is 4.79 Å². The summed E-state index contributed by atoms with van der Waals surface area (Å²) >= 11 is 0. The Morgan fingerprint density at radius 3 is 1.41 bits per heavy atom. The van der Waals surface area contributed by atoms with E-state index in [1.54, 1.807) is 0 Å². The Morgan fingerprint density at radius 1 is 0.508 bits per heavy atom. The third-order valence-corrected chi connectivity index (χ3v) is 10.4. The van der Waals surface area contributed by atoms with Gasteiger partial charge in [0.15, 0.2) is 6.10 Å². The Morgan fingerprint density at radius 2 is 0.932 bits per heavy atom. The van der Waals surface area contributed by atoms with Gasteiger partial charge in [-0.1, -0.05) is 166 Å². The molecule has 0 radical (unpaired) electrons. The second-order valence-electron chi connectivity index (χ2n) is 17.4. The summed E-state index contributed by atoms with van der Waals surface area (Å²) in [6.45, 7) is 4.81. The first-order valence-electron chi connectivity index (χ1n) is 24.2. The minimum atomic E-state index is -1.51. The topological polar surface area (TPSA) is 108 Å². The van der Waals surface area contributed by atoms with Gasteiger partial charge in [-0.3, -0.25) is 9.59 Å². The molecule has 0 aromatic rings. The Hall–Kier alpha value is -2.49. The van der Waals surface area contributed by atoms with Crippen molar-refractivity contribution >= 4 is 17.9 Å². The van der Waals surface area contributed by atoms with Gasteiger partial charge in [0.25, 0.3) is 6.29 Å². The summed E-state index contributed by atoms with van der Waals surface area (Å²) in [5, 5.41) is 9.64. The van der Waals surface area contributed by atoms with Crippen LogP contribution < -0.4 is 0 Å². The minimum absolute atomic E-state index is 0.186. The van der Waals surface area contributed by atoms with Crippen LogP contribution in [0.4, 0.5) is 0 Å². The van der Waals surface area contributed by atoms with Gasteiger partial charge < -0.3 is 28.5 Å². The first-order chi connectivity index (χ1) is 28.6. The molecule has 0 fully saturated rings. The van der Waals surface area contributed by atoms with Gasteiger partial charge in [0.2, 0.25) is 0 Å². The van der Waals surface area contributed by atoms with E-state index in [-0.39, 0.29) is 32.2 Å². The molecule has 9 heteroatoms. The number of carbonyl (C=O) groups is 3. The maximum absolute atomic E-state index is 12.8. The number of carbonyl (C=O) groups excluding carboxylic acids is 2. The van der Waals surface area contributed by atoms with Crippen molar-refractivity contribution in [3.8, 4) is 0 Å². The number of aliphatic carboxylic acids is 1. The highest BCUT2D eigenvalue weighted by atomic mass is 16.7. The van der Waals surface area contributed by atoms with E-state index in [9.17, 15) is 19.5 Å². The number of ether oxygens (including phenoxy) is 4. The quantitative estimate of drug-likeness (QED) is 0.0213. The van der Waals surface area contributed by atoms with E-state index in [1.807, 2.05) is 21.1 Å². The van der Waals surface area contributed by atoms with E-state index < -0.39 is 24.3 Å². The van der Waals surface area contributed by atoms with Crippen LogP contribution in [0, 0.1) is 0 Å². The van der Waals surface area contributed by atoms with Crippen LogP contribution in [0.25, 0.3) is 0 Å². The number of hydrogen-bond acceptors (Lipinski definition) is 7. The molecule has 0 bridgehead atoms. The van der Waals surface area contributed by atoms with Crippen LogP contribution >= 0.6 is 0 Å². The predicted molar refractivity (Wildman–Crippen MR) is 244 cm³/mol. The lowest BCUT2D eigenvalue weighted by Crippen LogP contribution is -2.40. The number of quaternary nitrogens is 1. The fraction of sp³-hybridized carbons (Fsp3) is 0.820. The van der Waals surface area contributed by atoms with Crippen LogP contribution in [0.15, 0.2) is 36.5 Å². The molecule has 0 rings (SSSR count). The van der Waals surface area contributed by atoms with Gasteiger partial charge in [-0.05, 0) is 64.2 Å². The predicted octanol–water partition coefficient (Wildman–Crippen LogP) is 13.0. The van der Waals surface area contributed by atoms with E-state index in [0.29, 0.717) is 17.4 Å². The standard InChI is InChI=1S/C50H91NO8/c1-6-8-10-12-14-16-18-19-20-21-22-23-24-25-26-27-28-29-31-33-35-37-39-41-48(53)59-46(45-58-50(49(54)55)56-43-42-51(3,4)5)44-57-47(52)40-38-36-34-32-30-17-15-13-11-9-7-2/h13,15,18-19,21-22,46,50H,6-12,14,16-17,20,23-45H2,1-5H3/p+1/b15-13-,19-18-,22-21-. The molecule has 59 heavy (non-hydrogen) atoms. The molecule has 0 spiro atoms. The molecule has 344 valence electrons. The molecule has 0 aliphatic rings. The Bertz CT molecular complexity index is 1070. The molecule has 2 atom stereocenters. The number of carboxylic acid groups (broad SMARTS) is 1. The Labute approximate surface area is 362 Å². The zero-order valence-corrected chi connectivity index (χ0v) is 38.9. The smallest absolute Gasteiger partial charge is 0.361 e. The molecule has 0 saturated carbocycles. The van der Waals surface area contributed by atoms with Gasteiger partial charge in [-0.2, -0.15) is 0 Å². The second-order valence-corrected chi connectivity index (χ2v) is 17.4. The lowest BCUT2D eigenvalue weighted by molar-refractivity contribution is -0.870. The largest absolute Gasteiger partial charge is 0.477 e. The molecule has 1 N–H and O–H groups in total. The molecule has 9 nitrogen and oxygen atoms in total. The Balaban J connectivity index is 4.30. The van der Waals surface area contributed by atoms with Crippen LogP contribution in [0.1, 0.15) is 206 Å². The number of likely N-dealkylation sites (N-methyl/N-ethyl adjacent to an activating group) is 1. The van der Waals surface area contributed by atoms with Crippen molar-refractivity contribution in [2.45, 2.75) is 219 Å². The lowest BCUT2D eigenvalue weighted by atomic mass is 10.0. The van der Waals surface area contributed by atoms with E-state index in [4.69, 9.17) is 18.9 Å². The highest BCUT2D eigenvalue weighted by Crippen LogP contribution is 2.15. The van der Waals surface area contributed by atoms with Crippen molar-refractivity contribution in [1.82, 2.24) is 0 Å². The van der Waals surface area contributed by atoms with Gasteiger partial charge >= 0.3 is 17.9 Å². The van der Waals surface area contributed by atoms with Crippen molar-refractivity contribution < 1.29 is 42.9 Å². The van der Waals surface area contributed by atoms with Crippen LogP contribution in [0.3, 0.4) is 0 Å². The zero-order chi connectivity index (χ0) is 43.5. The highest BCUT2D eigenvalue weighted by molar-refractivity contribution is 5.71. The number of unbranched alkanes of at least 4 members (excludes halogenated alkanes) is 23. The van der Waals surface area contributed by atoms with E-state index in [2.05, 4.69) is 50.3 Å². The maximum atomic E-state index is 12.8. The molecule has 0 saturated heterocycles. The Kier molecular flexibility index (Phi) is 40.4. The summed E-state index contributed by atoms with van der Waals surface area (Å²) in [5.74, 6) is -2.02. The SMILES string of the molecule is CCCC/C=C\CCCCCCCC(=O)OCC(COC(OCC[N+](C)(C)C)C(=O)O)OC(=O)CCCCCCCCCCCCC/C=C\C/C=C\CCCCCCC. The lowest BCUT2D eigenvalue weighted by Gasteiger charge is -2.25. The number of carboxylic acids is 1. The summed E-state index contributed by atoms with van der Waals surface area (Å²) < 4.78 is 22.7. The van der Waals surface area contributed by atoms with Crippen molar-refractivity contribution in [1.29, 1.82) is 0 Å². The van der Waals surface area contributed by atoms with Gasteiger partial charge in [-0.15, -0.1) is 0 Å². The van der Waals surface area contributed by atoms with E-state index >= 15 is 0 Å². The van der Waals surface area contributed by atoms with Crippen molar-refractivity contribution in [3.05, 3.63) is 36.5 Å². The van der Waals surface area contributed by atoms with Crippen LogP contribution in [0.5, 0.6) is 0 Å². The van der Waals surface area contributed by atoms with Crippen molar-refractivity contribution in [2.24, 2.45) is 0 Å². The number of allylic oxidation sites excluding steroid dienone is 6.